The van der Waals surface area contributed by atoms with Gasteiger partial charge < -0.3 is 10.4 Å². The summed E-state index contributed by atoms with van der Waals surface area (Å²) in [4.78, 5) is 0. The van der Waals surface area contributed by atoms with Gasteiger partial charge in [-0.1, -0.05) is 40.0 Å². The van der Waals surface area contributed by atoms with E-state index >= 15 is 0 Å². The van der Waals surface area contributed by atoms with Crippen LogP contribution in [0.5, 0.6) is 0 Å². The fourth-order valence-electron chi connectivity index (χ4n) is 2.65. The Bertz CT molecular complexity index is 184. The molecule has 0 heterocycles. The monoisotopic (exact) mass is 227 g/mol. The predicted molar refractivity (Wildman–Crippen MR) is 69.5 cm³/mol. The molecule has 1 aliphatic rings. The van der Waals surface area contributed by atoms with Crippen LogP contribution < -0.4 is 5.32 Å². The molecule has 4 atom stereocenters. The van der Waals surface area contributed by atoms with Crippen molar-refractivity contribution in [3.05, 3.63) is 0 Å². The van der Waals surface area contributed by atoms with Crippen LogP contribution in [0.15, 0.2) is 0 Å². The van der Waals surface area contributed by atoms with Crippen LogP contribution in [0.4, 0.5) is 0 Å². The Morgan fingerprint density at radius 1 is 1.38 bits per heavy atom. The lowest BCUT2D eigenvalue weighted by molar-refractivity contribution is 0.110. The van der Waals surface area contributed by atoms with Crippen LogP contribution in [-0.4, -0.2) is 24.3 Å². The van der Waals surface area contributed by atoms with Crippen molar-refractivity contribution in [3.63, 3.8) is 0 Å². The van der Waals surface area contributed by atoms with Gasteiger partial charge >= 0.3 is 0 Å². The van der Waals surface area contributed by atoms with Gasteiger partial charge in [0.25, 0.3) is 0 Å². The third kappa shape index (κ3) is 4.84. The topological polar surface area (TPSA) is 32.3 Å². The molecule has 0 amide bonds. The number of hydrogen-bond donors (Lipinski definition) is 2. The average molecular weight is 227 g/mol. The summed E-state index contributed by atoms with van der Waals surface area (Å²) in [5, 5.41) is 13.3. The van der Waals surface area contributed by atoms with Gasteiger partial charge in [0.2, 0.25) is 0 Å². The summed E-state index contributed by atoms with van der Waals surface area (Å²) >= 11 is 0. The van der Waals surface area contributed by atoms with Gasteiger partial charge in [-0.05, 0) is 37.1 Å². The maximum atomic E-state index is 9.84. The highest BCUT2D eigenvalue weighted by Crippen LogP contribution is 2.27. The lowest BCUT2D eigenvalue weighted by Crippen LogP contribution is -2.35. The Morgan fingerprint density at radius 3 is 2.75 bits per heavy atom. The van der Waals surface area contributed by atoms with Crippen LogP contribution in [0.2, 0.25) is 0 Å². The molecule has 0 radical (unpaired) electrons. The van der Waals surface area contributed by atoms with Crippen molar-refractivity contribution >= 4 is 0 Å². The zero-order valence-electron chi connectivity index (χ0n) is 11.2. The zero-order chi connectivity index (χ0) is 12.0. The van der Waals surface area contributed by atoms with E-state index in [-0.39, 0.29) is 6.10 Å². The smallest absolute Gasteiger partial charge is 0.0689 e. The van der Waals surface area contributed by atoms with E-state index < -0.39 is 0 Å². The van der Waals surface area contributed by atoms with Crippen LogP contribution in [-0.2, 0) is 0 Å². The van der Waals surface area contributed by atoms with Gasteiger partial charge in [-0.2, -0.15) is 0 Å². The van der Waals surface area contributed by atoms with Gasteiger partial charge in [0.05, 0.1) is 6.10 Å². The van der Waals surface area contributed by atoms with E-state index in [2.05, 4.69) is 26.1 Å². The molecule has 16 heavy (non-hydrogen) atoms. The third-order valence-corrected chi connectivity index (χ3v) is 4.13. The lowest BCUT2D eigenvalue weighted by Gasteiger charge is -2.27. The minimum absolute atomic E-state index is 0.175. The Labute approximate surface area is 101 Å². The fraction of sp³-hybridized carbons (Fsp3) is 1.00. The molecule has 1 fully saturated rings. The fourth-order valence-corrected chi connectivity index (χ4v) is 2.65. The van der Waals surface area contributed by atoms with E-state index in [1.165, 1.54) is 25.7 Å². The quantitative estimate of drug-likeness (QED) is 0.731. The minimum atomic E-state index is -0.175. The molecule has 0 bridgehead atoms. The van der Waals surface area contributed by atoms with E-state index in [4.69, 9.17) is 0 Å². The van der Waals surface area contributed by atoms with E-state index in [9.17, 15) is 5.11 Å². The highest BCUT2D eigenvalue weighted by atomic mass is 16.3. The maximum absolute atomic E-state index is 9.84. The first-order chi connectivity index (χ1) is 7.63. The second kappa shape index (κ2) is 7.29. The van der Waals surface area contributed by atoms with E-state index in [1.54, 1.807) is 0 Å². The van der Waals surface area contributed by atoms with Crippen molar-refractivity contribution in [2.24, 2.45) is 17.8 Å². The molecule has 1 aliphatic carbocycles. The molecule has 1 saturated carbocycles. The molecule has 0 aromatic rings. The summed E-state index contributed by atoms with van der Waals surface area (Å²) in [6.45, 7) is 8.48. The summed E-state index contributed by atoms with van der Waals surface area (Å²) in [5.41, 5.74) is 0. The summed E-state index contributed by atoms with van der Waals surface area (Å²) < 4.78 is 0. The highest BCUT2D eigenvalue weighted by molar-refractivity contribution is 4.73. The van der Waals surface area contributed by atoms with Crippen LogP contribution >= 0.6 is 0 Å². The number of nitrogens with one attached hydrogen (secondary N) is 1. The Hall–Kier alpha value is -0.0800. The first-order valence-electron chi connectivity index (χ1n) is 7.02. The van der Waals surface area contributed by atoms with Crippen LogP contribution in [0, 0.1) is 17.8 Å². The molecule has 0 aromatic carbocycles. The Kier molecular flexibility index (Phi) is 6.37. The number of hydrogen-bond acceptors (Lipinski definition) is 2. The second-order valence-electron chi connectivity index (χ2n) is 5.75. The van der Waals surface area contributed by atoms with E-state index in [1.807, 2.05) is 0 Å². The first-order valence-corrected chi connectivity index (χ1v) is 7.02. The molecule has 2 N–H and O–H groups in total. The number of aliphatic hydroxyl groups is 1. The molecule has 2 heteroatoms. The number of rotatable bonds is 6. The van der Waals surface area contributed by atoms with Crippen molar-refractivity contribution in [1.29, 1.82) is 0 Å². The maximum Gasteiger partial charge on any atom is 0.0689 e. The molecule has 0 saturated heterocycles. The van der Waals surface area contributed by atoms with Crippen molar-refractivity contribution in [1.82, 2.24) is 5.32 Å². The van der Waals surface area contributed by atoms with Crippen molar-refractivity contribution in [2.75, 3.05) is 13.1 Å². The molecule has 96 valence electrons. The van der Waals surface area contributed by atoms with Gasteiger partial charge in [0, 0.05) is 6.54 Å². The van der Waals surface area contributed by atoms with Gasteiger partial charge in [0.1, 0.15) is 0 Å². The van der Waals surface area contributed by atoms with Crippen LogP contribution in [0.3, 0.4) is 0 Å². The van der Waals surface area contributed by atoms with Gasteiger partial charge in [0.15, 0.2) is 0 Å². The molecular weight excluding hydrogens is 198 g/mol. The second-order valence-corrected chi connectivity index (χ2v) is 5.75. The Morgan fingerprint density at radius 2 is 2.12 bits per heavy atom. The van der Waals surface area contributed by atoms with Gasteiger partial charge in [-0.15, -0.1) is 0 Å². The largest absolute Gasteiger partial charge is 0.392 e. The van der Waals surface area contributed by atoms with E-state index in [0.29, 0.717) is 5.92 Å². The van der Waals surface area contributed by atoms with E-state index in [0.717, 1.165) is 31.3 Å². The third-order valence-electron chi connectivity index (χ3n) is 4.13. The normalized spacial score (nSPS) is 30.0. The van der Waals surface area contributed by atoms with Crippen LogP contribution in [0.25, 0.3) is 0 Å². The first kappa shape index (κ1) is 14.0. The lowest BCUT2D eigenvalue weighted by atomic mass is 9.82. The summed E-state index contributed by atoms with van der Waals surface area (Å²) in [5.74, 6) is 2.16. The van der Waals surface area contributed by atoms with Crippen molar-refractivity contribution in [2.45, 2.75) is 59.0 Å². The SMILES string of the molecule is CCC(C)C(O)CNCC1CCCC(C)C1. The molecule has 4 unspecified atom stereocenters. The molecule has 0 aromatic heterocycles. The number of aliphatic hydroxyl groups excluding tert-OH is 1. The summed E-state index contributed by atoms with van der Waals surface area (Å²) in [7, 11) is 0. The molecule has 0 spiro atoms. The molecule has 2 nitrogen and oxygen atoms in total. The van der Waals surface area contributed by atoms with Gasteiger partial charge in [-0.25, -0.2) is 0 Å². The average Bonchev–Trinajstić information content (AvgIpc) is 2.28. The molecule has 0 aliphatic heterocycles. The summed E-state index contributed by atoms with van der Waals surface area (Å²) in [6.07, 6.45) is 6.42. The molecule has 1 rings (SSSR count). The highest BCUT2D eigenvalue weighted by Gasteiger charge is 2.19. The van der Waals surface area contributed by atoms with Gasteiger partial charge in [-0.3, -0.25) is 0 Å². The van der Waals surface area contributed by atoms with Crippen molar-refractivity contribution in [3.8, 4) is 0 Å². The summed E-state index contributed by atoms with van der Waals surface area (Å²) in [6, 6.07) is 0. The minimum Gasteiger partial charge on any atom is -0.392 e. The van der Waals surface area contributed by atoms with Crippen LogP contribution in [0.1, 0.15) is 52.9 Å². The van der Waals surface area contributed by atoms with Crippen molar-refractivity contribution < 1.29 is 5.11 Å². The predicted octanol–water partition coefficient (Wildman–Crippen LogP) is 2.81. The Balaban J connectivity index is 2.10. The zero-order valence-corrected chi connectivity index (χ0v) is 11.2. The molecular formula is C14H29NO. The standard InChI is InChI=1S/C14H29NO/c1-4-12(3)14(16)10-15-9-13-7-5-6-11(2)8-13/h11-16H,4-10H2,1-3H3.